The van der Waals surface area contributed by atoms with Crippen molar-refractivity contribution in [1.29, 1.82) is 0 Å². The van der Waals surface area contributed by atoms with E-state index in [1.54, 1.807) is 11.3 Å². The average Bonchev–Trinajstić information content (AvgIpc) is 3.44. The van der Waals surface area contributed by atoms with Crippen LogP contribution < -0.4 is 5.32 Å². The molecule has 9 heteroatoms. The van der Waals surface area contributed by atoms with E-state index in [4.69, 9.17) is 9.15 Å². The maximum atomic E-state index is 12.8. The Hall–Kier alpha value is -2.52. The maximum Gasteiger partial charge on any atom is 0.341 e. The van der Waals surface area contributed by atoms with Crippen molar-refractivity contribution in [2.45, 2.75) is 59.0 Å². The van der Waals surface area contributed by atoms with Crippen molar-refractivity contribution in [3.63, 3.8) is 0 Å². The Morgan fingerprint density at radius 1 is 1.35 bits per heavy atom. The monoisotopic (exact) mass is 459 g/mol. The molecular weight excluding hydrogens is 434 g/mol. The molecule has 0 aliphatic heterocycles. The standard InChI is InChI=1S/C22H25N3O4S2/c1-12(2)28-22(27)19-15-5-4-13(3)10-16(15)31-21(19)23-17(26)6-7-18-24-25-20(29-18)14-8-9-30-11-14/h8-9,11-13H,4-7,10H2,1-3H3,(H,23,26). The van der Waals surface area contributed by atoms with Crippen LogP contribution in [0.15, 0.2) is 21.2 Å². The van der Waals surface area contributed by atoms with E-state index in [1.165, 1.54) is 16.2 Å². The molecule has 4 rings (SSSR count). The number of rotatable bonds is 7. The summed E-state index contributed by atoms with van der Waals surface area (Å²) >= 11 is 3.04. The molecule has 1 aliphatic rings. The van der Waals surface area contributed by atoms with Crippen molar-refractivity contribution in [3.8, 4) is 11.5 Å². The number of aromatic nitrogens is 2. The molecule has 31 heavy (non-hydrogen) atoms. The van der Waals surface area contributed by atoms with Gasteiger partial charge in [0.2, 0.25) is 17.7 Å². The van der Waals surface area contributed by atoms with Gasteiger partial charge in [0.05, 0.1) is 11.7 Å². The fourth-order valence-corrected chi connectivity index (χ4v) is 5.64. The molecule has 1 unspecified atom stereocenters. The third kappa shape index (κ3) is 5.04. The van der Waals surface area contributed by atoms with Gasteiger partial charge in [-0.05, 0) is 56.0 Å². The van der Waals surface area contributed by atoms with Crippen LogP contribution in [0.2, 0.25) is 0 Å². The summed E-state index contributed by atoms with van der Waals surface area (Å²) in [5, 5.41) is 15.4. The highest BCUT2D eigenvalue weighted by atomic mass is 32.1. The molecule has 0 bridgehead atoms. The van der Waals surface area contributed by atoms with E-state index >= 15 is 0 Å². The smallest absolute Gasteiger partial charge is 0.341 e. The van der Waals surface area contributed by atoms with Gasteiger partial charge in [0.25, 0.3) is 0 Å². The fraction of sp³-hybridized carbons (Fsp3) is 0.455. The van der Waals surface area contributed by atoms with Crippen LogP contribution in [0, 0.1) is 5.92 Å². The summed E-state index contributed by atoms with van der Waals surface area (Å²) in [5.41, 5.74) is 2.42. The number of amides is 1. The van der Waals surface area contributed by atoms with Crippen LogP contribution in [0.3, 0.4) is 0 Å². The molecule has 0 saturated heterocycles. The van der Waals surface area contributed by atoms with Gasteiger partial charge in [-0.1, -0.05) is 6.92 Å². The van der Waals surface area contributed by atoms with Gasteiger partial charge < -0.3 is 14.5 Å². The number of hydrogen-bond acceptors (Lipinski definition) is 8. The molecule has 0 saturated carbocycles. The molecule has 164 valence electrons. The number of carbonyl (C=O) groups is 2. The lowest BCUT2D eigenvalue weighted by Crippen LogP contribution is -2.18. The van der Waals surface area contributed by atoms with E-state index in [2.05, 4.69) is 22.4 Å². The highest BCUT2D eigenvalue weighted by Crippen LogP contribution is 2.40. The maximum absolute atomic E-state index is 12.8. The second kappa shape index (κ2) is 9.32. The highest BCUT2D eigenvalue weighted by molar-refractivity contribution is 7.17. The molecule has 3 aromatic rings. The quantitative estimate of drug-likeness (QED) is 0.493. The van der Waals surface area contributed by atoms with Gasteiger partial charge in [0.15, 0.2) is 0 Å². The van der Waals surface area contributed by atoms with Crippen molar-refractivity contribution in [2.75, 3.05) is 5.32 Å². The van der Waals surface area contributed by atoms with Gasteiger partial charge in [-0.2, -0.15) is 11.3 Å². The van der Waals surface area contributed by atoms with Crippen LogP contribution in [-0.2, 0) is 28.8 Å². The van der Waals surface area contributed by atoms with Gasteiger partial charge in [0.1, 0.15) is 5.00 Å². The second-order valence-corrected chi connectivity index (χ2v) is 9.96. The number of thiophene rings is 2. The first-order valence-electron chi connectivity index (χ1n) is 10.4. The number of carbonyl (C=O) groups excluding carboxylic acids is 2. The number of fused-ring (bicyclic) bond motifs is 1. The lowest BCUT2D eigenvalue weighted by atomic mass is 9.88. The molecule has 0 aromatic carbocycles. The van der Waals surface area contributed by atoms with Gasteiger partial charge in [-0.15, -0.1) is 21.5 Å². The fourth-order valence-electron chi connectivity index (χ4n) is 3.59. The SMILES string of the molecule is CC1CCc2c(sc(NC(=O)CCc3nnc(-c4ccsc4)o3)c2C(=O)OC(C)C)C1. The summed E-state index contributed by atoms with van der Waals surface area (Å²) in [6.45, 7) is 5.86. The molecule has 3 heterocycles. The predicted octanol–water partition coefficient (Wildman–Crippen LogP) is 5.12. The zero-order valence-electron chi connectivity index (χ0n) is 17.8. The zero-order valence-corrected chi connectivity index (χ0v) is 19.4. The number of nitrogens with zero attached hydrogens (tertiary/aromatic N) is 2. The Labute approximate surface area is 188 Å². The van der Waals surface area contributed by atoms with Crippen LogP contribution >= 0.6 is 22.7 Å². The van der Waals surface area contributed by atoms with Crippen molar-refractivity contribution in [2.24, 2.45) is 5.92 Å². The molecular formula is C22H25N3O4S2. The minimum atomic E-state index is -0.366. The minimum absolute atomic E-state index is 0.183. The van der Waals surface area contributed by atoms with E-state index in [0.29, 0.717) is 34.7 Å². The van der Waals surface area contributed by atoms with Crippen molar-refractivity contribution < 1.29 is 18.7 Å². The summed E-state index contributed by atoms with van der Waals surface area (Å²) in [4.78, 5) is 26.6. The average molecular weight is 460 g/mol. The van der Waals surface area contributed by atoms with E-state index in [0.717, 1.165) is 30.4 Å². The Morgan fingerprint density at radius 3 is 2.94 bits per heavy atom. The number of nitrogens with one attached hydrogen (secondary N) is 1. The molecule has 1 amide bonds. The van der Waals surface area contributed by atoms with Gasteiger partial charge in [-0.3, -0.25) is 4.79 Å². The molecule has 1 N–H and O–H groups in total. The number of aryl methyl sites for hydroxylation is 1. The summed E-state index contributed by atoms with van der Waals surface area (Å²) < 4.78 is 11.1. The summed E-state index contributed by atoms with van der Waals surface area (Å²) in [6, 6.07) is 1.91. The van der Waals surface area contributed by atoms with Crippen LogP contribution in [0.1, 0.15) is 60.3 Å². The summed E-state index contributed by atoms with van der Waals surface area (Å²) in [6.07, 6.45) is 3.08. The third-order valence-electron chi connectivity index (χ3n) is 5.11. The number of anilines is 1. The Morgan fingerprint density at radius 2 is 2.19 bits per heavy atom. The summed E-state index contributed by atoms with van der Waals surface area (Å²) in [7, 11) is 0. The largest absolute Gasteiger partial charge is 0.459 e. The Kier molecular flexibility index (Phi) is 6.52. The molecule has 0 spiro atoms. The van der Waals surface area contributed by atoms with Gasteiger partial charge in [-0.25, -0.2) is 4.79 Å². The van der Waals surface area contributed by atoms with Crippen LogP contribution in [0.25, 0.3) is 11.5 Å². The lowest BCUT2D eigenvalue weighted by Gasteiger charge is -2.18. The molecule has 0 fully saturated rings. The first kappa shape index (κ1) is 21.7. The molecule has 7 nitrogen and oxygen atoms in total. The van der Waals surface area contributed by atoms with E-state index < -0.39 is 0 Å². The molecule has 0 radical (unpaired) electrons. The molecule has 1 atom stereocenters. The summed E-state index contributed by atoms with van der Waals surface area (Å²) in [5.74, 6) is 0.874. The Bertz CT molecular complexity index is 1070. The van der Waals surface area contributed by atoms with Crippen molar-refractivity contribution >= 4 is 39.6 Å². The first-order chi connectivity index (χ1) is 14.9. The highest BCUT2D eigenvalue weighted by Gasteiger charge is 2.29. The second-order valence-electron chi connectivity index (χ2n) is 8.07. The van der Waals surface area contributed by atoms with Gasteiger partial charge in [0, 0.05) is 28.7 Å². The van der Waals surface area contributed by atoms with Crippen molar-refractivity contribution in [1.82, 2.24) is 10.2 Å². The number of ether oxygens (including phenoxy) is 1. The number of hydrogen-bond donors (Lipinski definition) is 1. The normalized spacial score (nSPS) is 15.7. The van der Waals surface area contributed by atoms with Crippen LogP contribution in [-0.4, -0.2) is 28.2 Å². The van der Waals surface area contributed by atoms with E-state index in [1.807, 2.05) is 30.7 Å². The number of esters is 1. The lowest BCUT2D eigenvalue weighted by molar-refractivity contribution is -0.116. The third-order valence-corrected chi connectivity index (χ3v) is 6.97. The van der Waals surface area contributed by atoms with Crippen molar-refractivity contribution in [3.05, 3.63) is 38.7 Å². The van der Waals surface area contributed by atoms with E-state index in [9.17, 15) is 9.59 Å². The predicted molar refractivity (Wildman–Crippen MR) is 121 cm³/mol. The Balaban J connectivity index is 1.45. The van der Waals surface area contributed by atoms with Crippen LogP contribution in [0.4, 0.5) is 5.00 Å². The molecule has 1 aliphatic carbocycles. The zero-order chi connectivity index (χ0) is 22.0. The topological polar surface area (TPSA) is 94.3 Å². The van der Waals surface area contributed by atoms with E-state index in [-0.39, 0.29) is 24.4 Å². The first-order valence-corrected chi connectivity index (χ1v) is 12.2. The van der Waals surface area contributed by atoms with Gasteiger partial charge >= 0.3 is 5.97 Å². The minimum Gasteiger partial charge on any atom is -0.459 e. The van der Waals surface area contributed by atoms with Crippen LogP contribution in [0.5, 0.6) is 0 Å². The molecule has 3 aromatic heterocycles.